The number of thioether (sulfide) groups is 1. The van der Waals surface area contributed by atoms with Crippen molar-refractivity contribution in [2.24, 2.45) is 10.1 Å². The second-order valence-corrected chi connectivity index (χ2v) is 8.92. The van der Waals surface area contributed by atoms with Crippen LogP contribution in [-0.2, 0) is 19.6 Å². The van der Waals surface area contributed by atoms with E-state index in [-0.39, 0.29) is 23.1 Å². The molecule has 4 N–H and O–H groups in total. The zero-order valence-electron chi connectivity index (χ0n) is 14.9. The second kappa shape index (κ2) is 8.13. The topological polar surface area (TPSA) is 131 Å². The summed E-state index contributed by atoms with van der Waals surface area (Å²) in [4.78, 5) is 28.5. The van der Waals surface area contributed by atoms with Crippen LogP contribution in [0.15, 0.2) is 58.4 Å². The molecule has 0 aliphatic carbocycles. The first-order valence-electron chi connectivity index (χ1n) is 8.26. The molecule has 146 valence electrons. The predicted molar refractivity (Wildman–Crippen MR) is 109 cm³/mol. The quantitative estimate of drug-likeness (QED) is 0.682. The van der Waals surface area contributed by atoms with Gasteiger partial charge in [-0.15, -0.1) is 0 Å². The fourth-order valence-corrected chi connectivity index (χ4v) is 3.94. The number of primary sulfonamides is 1. The fraction of sp³-hybridized carbons (Fsp3) is 0.167. The number of aliphatic imine (C=N–C) groups is 1. The van der Waals surface area contributed by atoms with Crippen molar-refractivity contribution in [3.8, 4) is 0 Å². The van der Waals surface area contributed by atoms with E-state index in [1.54, 1.807) is 12.1 Å². The lowest BCUT2D eigenvalue weighted by atomic mass is 10.2. The van der Waals surface area contributed by atoms with Crippen LogP contribution >= 0.6 is 11.8 Å². The van der Waals surface area contributed by atoms with E-state index >= 15 is 0 Å². The van der Waals surface area contributed by atoms with Crippen LogP contribution in [0.3, 0.4) is 0 Å². The van der Waals surface area contributed by atoms with Crippen molar-refractivity contribution >= 4 is 50.1 Å². The number of amidine groups is 1. The van der Waals surface area contributed by atoms with E-state index in [0.29, 0.717) is 16.5 Å². The van der Waals surface area contributed by atoms with Crippen molar-refractivity contribution < 1.29 is 18.0 Å². The third-order valence-corrected chi connectivity index (χ3v) is 5.89. The smallest absolute Gasteiger partial charge is 0.240 e. The average Bonchev–Trinajstić information content (AvgIpc) is 2.95. The summed E-state index contributed by atoms with van der Waals surface area (Å²) in [5.74, 6) is -0.570. The molecule has 0 aromatic heterocycles. The van der Waals surface area contributed by atoms with Crippen molar-refractivity contribution in [3.05, 3.63) is 54.1 Å². The molecule has 1 fully saturated rings. The summed E-state index contributed by atoms with van der Waals surface area (Å²) in [6.07, 6.45) is 0.00769. The fourth-order valence-electron chi connectivity index (χ4n) is 2.44. The summed E-state index contributed by atoms with van der Waals surface area (Å²) < 4.78 is 22.5. The highest BCUT2D eigenvalue weighted by Gasteiger charge is 2.32. The van der Waals surface area contributed by atoms with Gasteiger partial charge in [-0.3, -0.25) is 9.59 Å². The first-order valence-corrected chi connectivity index (χ1v) is 10.7. The molecule has 3 rings (SSSR count). The standard InChI is InChI=1S/C18H18N4O4S2/c1-11-2-4-12(5-3-11)20-16(23)10-15-17(24)22-18(27-15)21-13-6-8-14(9-7-13)28(19,25)26/h2-9,15H,10H2,1H3,(H,20,23)(H2,19,25,26)(H,21,22,24)/t15-/m1/s1. The molecule has 0 spiro atoms. The monoisotopic (exact) mass is 418 g/mol. The lowest BCUT2D eigenvalue weighted by Crippen LogP contribution is -2.28. The summed E-state index contributed by atoms with van der Waals surface area (Å²) in [5.41, 5.74) is 2.21. The van der Waals surface area contributed by atoms with Gasteiger partial charge in [0, 0.05) is 12.1 Å². The molecular weight excluding hydrogens is 400 g/mol. The highest BCUT2D eigenvalue weighted by molar-refractivity contribution is 8.15. The summed E-state index contributed by atoms with van der Waals surface area (Å²) in [6, 6.07) is 13.0. The molecule has 1 aliphatic heterocycles. The summed E-state index contributed by atoms with van der Waals surface area (Å²) in [5, 5.41) is 10.2. The lowest BCUT2D eigenvalue weighted by Gasteiger charge is -2.07. The Labute approximate surface area is 166 Å². The number of amides is 2. The molecule has 10 heteroatoms. The van der Waals surface area contributed by atoms with Gasteiger partial charge >= 0.3 is 0 Å². The van der Waals surface area contributed by atoms with Gasteiger partial charge in [-0.05, 0) is 43.3 Å². The summed E-state index contributed by atoms with van der Waals surface area (Å²) >= 11 is 1.15. The molecule has 8 nitrogen and oxygen atoms in total. The first-order chi connectivity index (χ1) is 13.2. The Hall–Kier alpha value is -2.69. The first kappa shape index (κ1) is 20.1. The number of aryl methyl sites for hydroxylation is 1. The van der Waals surface area contributed by atoms with Crippen LogP contribution in [0.1, 0.15) is 12.0 Å². The number of hydrogen-bond donors (Lipinski definition) is 3. The van der Waals surface area contributed by atoms with Crippen molar-refractivity contribution in [1.29, 1.82) is 0 Å². The van der Waals surface area contributed by atoms with E-state index < -0.39 is 15.3 Å². The Morgan fingerprint density at radius 2 is 1.82 bits per heavy atom. The molecule has 2 aromatic rings. The number of nitrogens with zero attached hydrogens (tertiary/aromatic N) is 1. The van der Waals surface area contributed by atoms with Gasteiger partial charge in [0.25, 0.3) is 0 Å². The second-order valence-electron chi connectivity index (χ2n) is 6.17. The van der Waals surface area contributed by atoms with Gasteiger partial charge in [0.15, 0.2) is 5.17 Å². The largest absolute Gasteiger partial charge is 0.326 e. The minimum absolute atomic E-state index is 0.00769. The zero-order chi connectivity index (χ0) is 20.3. The van der Waals surface area contributed by atoms with Crippen LogP contribution in [0.5, 0.6) is 0 Å². The number of carbonyl (C=O) groups is 2. The molecule has 0 radical (unpaired) electrons. The Balaban J connectivity index is 1.62. The van der Waals surface area contributed by atoms with Gasteiger partial charge in [0.1, 0.15) is 5.25 Å². The minimum Gasteiger partial charge on any atom is -0.326 e. The highest BCUT2D eigenvalue weighted by Crippen LogP contribution is 2.26. The van der Waals surface area contributed by atoms with Crippen LogP contribution < -0.4 is 15.8 Å². The lowest BCUT2D eigenvalue weighted by molar-refractivity contribution is -0.122. The van der Waals surface area contributed by atoms with Crippen LogP contribution in [0.4, 0.5) is 11.4 Å². The minimum atomic E-state index is -3.77. The molecule has 1 heterocycles. The van der Waals surface area contributed by atoms with Crippen LogP contribution in [-0.4, -0.2) is 30.6 Å². The van der Waals surface area contributed by atoms with Crippen molar-refractivity contribution in [1.82, 2.24) is 5.32 Å². The molecule has 0 bridgehead atoms. The molecule has 0 unspecified atom stereocenters. The van der Waals surface area contributed by atoms with E-state index in [1.807, 2.05) is 19.1 Å². The van der Waals surface area contributed by atoms with Gasteiger partial charge in [0.2, 0.25) is 21.8 Å². The van der Waals surface area contributed by atoms with E-state index in [9.17, 15) is 18.0 Å². The number of anilines is 1. The molecule has 2 aromatic carbocycles. The Kier molecular flexibility index (Phi) is 5.82. The zero-order valence-corrected chi connectivity index (χ0v) is 16.5. The number of rotatable bonds is 5. The number of benzene rings is 2. The Morgan fingerprint density at radius 1 is 1.18 bits per heavy atom. The van der Waals surface area contributed by atoms with Gasteiger partial charge in [-0.1, -0.05) is 29.5 Å². The molecule has 2 amide bonds. The van der Waals surface area contributed by atoms with Gasteiger partial charge in [-0.25, -0.2) is 18.5 Å². The number of nitrogens with one attached hydrogen (secondary N) is 2. The van der Waals surface area contributed by atoms with E-state index in [1.165, 1.54) is 24.3 Å². The third-order valence-electron chi connectivity index (χ3n) is 3.88. The maximum absolute atomic E-state index is 12.2. The SMILES string of the molecule is Cc1ccc(NC(=O)C[C@H]2SC(=Nc3ccc(S(N)(=O)=O)cc3)NC2=O)cc1. The summed E-state index contributed by atoms with van der Waals surface area (Å²) in [7, 11) is -3.77. The number of sulfonamides is 1. The Bertz CT molecular complexity index is 1030. The van der Waals surface area contributed by atoms with Crippen molar-refractivity contribution in [2.75, 3.05) is 5.32 Å². The van der Waals surface area contributed by atoms with Crippen molar-refractivity contribution in [3.63, 3.8) is 0 Å². The molecule has 1 saturated heterocycles. The number of nitrogens with two attached hydrogens (primary N) is 1. The molecule has 0 saturated carbocycles. The van der Waals surface area contributed by atoms with Crippen LogP contribution in [0, 0.1) is 6.92 Å². The van der Waals surface area contributed by atoms with Crippen molar-refractivity contribution in [2.45, 2.75) is 23.5 Å². The average molecular weight is 419 g/mol. The number of carbonyl (C=O) groups excluding carboxylic acids is 2. The molecular formula is C18H18N4O4S2. The molecule has 1 atom stereocenters. The molecule has 28 heavy (non-hydrogen) atoms. The van der Waals surface area contributed by atoms with Gasteiger partial charge in [0.05, 0.1) is 10.6 Å². The van der Waals surface area contributed by atoms with E-state index in [2.05, 4.69) is 15.6 Å². The predicted octanol–water partition coefficient (Wildman–Crippen LogP) is 1.89. The highest BCUT2D eigenvalue weighted by atomic mass is 32.2. The van der Waals surface area contributed by atoms with Crippen LogP contribution in [0.25, 0.3) is 0 Å². The third kappa shape index (κ3) is 5.18. The van der Waals surface area contributed by atoms with E-state index in [4.69, 9.17) is 5.14 Å². The number of hydrogen-bond acceptors (Lipinski definition) is 6. The Morgan fingerprint density at radius 3 is 2.43 bits per heavy atom. The maximum Gasteiger partial charge on any atom is 0.240 e. The van der Waals surface area contributed by atoms with Gasteiger partial charge in [-0.2, -0.15) is 0 Å². The van der Waals surface area contributed by atoms with Gasteiger partial charge < -0.3 is 10.6 Å². The summed E-state index contributed by atoms with van der Waals surface area (Å²) in [6.45, 7) is 1.95. The van der Waals surface area contributed by atoms with E-state index in [0.717, 1.165) is 17.3 Å². The normalized spacial score (nSPS) is 18.1. The maximum atomic E-state index is 12.2. The van der Waals surface area contributed by atoms with Crippen LogP contribution in [0.2, 0.25) is 0 Å². The molecule has 1 aliphatic rings.